The molecule has 1 aliphatic heterocycles. The first-order valence-corrected chi connectivity index (χ1v) is 8.97. The number of hydrogen-bond acceptors (Lipinski definition) is 5. The number of carbonyl (C=O) groups is 1. The minimum absolute atomic E-state index is 0.00385. The lowest BCUT2D eigenvalue weighted by Crippen LogP contribution is -2.46. The molecule has 1 fully saturated rings. The summed E-state index contributed by atoms with van der Waals surface area (Å²) in [6, 6.07) is 12.7. The van der Waals surface area contributed by atoms with Gasteiger partial charge in [-0.1, -0.05) is 6.07 Å². The van der Waals surface area contributed by atoms with E-state index in [9.17, 15) is 4.79 Å². The van der Waals surface area contributed by atoms with E-state index >= 15 is 0 Å². The van der Waals surface area contributed by atoms with Crippen molar-refractivity contribution in [3.63, 3.8) is 0 Å². The summed E-state index contributed by atoms with van der Waals surface area (Å²) in [6.45, 7) is 3.54. The second kappa shape index (κ2) is 8.67. The fourth-order valence-electron chi connectivity index (χ4n) is 3.03. The van der Waals surface area contributed by atoms with E-state index < -0.39 is 0 Å². The molecule has 3 rings (SSSR count). The molecule has 2 unspecified atom stereocenters. The van der Waals surface area contributed by atoms with Gasteiger partial charge in [-0.15, -0.1) is 0 Å². The van der Waals surface area contributed by atoms with Crippen molar-refractivity contribution in [1.29, 1.82) is 0 Å². The lowest BCUT2D eigenvalue weighted by Gasteiger charge is -2.34. The van der Waals surface area contributed by atoms with Crippen molar-refractivity contribution in [3.05, 3.63) is 48.7 Å². The van der Waals surface area contributed by atoms with Crippen LogP contribution in [0.1, 0.15) is 19.8 Å². The van der Waals surface area contributed by atoms with Crippen LogP contribution >= 0.6 is 0 Å². The molecular formula is C20H25N3O3. The summed E-state index contributed by atoms with van der Waals surface area (Å²) in [5.41, 5.74) is 5.98. The standard InChI is InChI=1S/C20H25N3O3/c1-15(21)16-5-4-12-23(13-16)20(24)14-25-17-7-9-18(10-8-17)26-19-6-2-3-11-22-19/h2-3,6-11,15-16H,4-5,12-14,21H2,1H3. The first-order chi connectivity index (χ1) is 12.6. The van der Waals surface area contributed by atoms with E-state index in [0.717, 1.165) is 25.9 Å². The summed E-state index contributed by atoms with van der Waals surface area (Å²) in [6.07, 6.45) is 3.76. The Morgan fingerprint density at radius 1 is 1.27 bits per heavy atom. The minimum Gasteiger partial charge on any atom is -0.484 e. The van der Waals surface area contributed by atoms with Crippen molar-refractivity contribution < 1.29 is 14.3 Å². The number of pyridine rings is 1. The van der Waals surface area contributed by atoms with E-state index in [1.807, 2.05) is 24.0 Å². The van der Waals surface area contributed by atoms with Crippen LogP contribution in [0.3, 0.4) is 0 Å². The van der Waals surface area contributed by atoms with Crippen molar-refractivity contribution in [2.24, 2.45) is 11.7 Å². The number of rotatable bonds is 6. The van der Waals surface area contributed by atoms with Gasteiger partial charge in [0.15, 0.2) is 6.61 Å². The monoisotopic (exact) mass is 355 g/mol. The second-order valence-corrected chi connectivity index (χ2v) is 6.63. The third kappa shape index (κ3) is 4.95. The highest BCUT2D eigenvalue weighted by Gasteiger charge is 2.25. The maximum absolute atomic E-state index is 12.4. The van der Waals surface area contributed by atoms with Gasteiger partial charge < -0.3 is 20.1 Å². The number of amides is 1. The third-order valence-electron chi connectivity index (χ3n) is 4.60. The first-order valence-electron chi connectivity index (χ1n) is 8.97. The van der Waals surface area contributed by atoms with Crippen LogP contribution in [-0.4, -0.2) is 41.5 Å². The third-order valence-corrected chi connectivity index (χ3v) is 4.60. The smallest absolute Gasteiger partial charge is 0.260 e. The zero-order valence-electron chi connectivity index (χ0n) is 15.0. The molecule has 0 radical (unpaired) electrons. The van der Waals surface area contributed by atoms with E-state index in [2.05, 4.69) is 4.98 Å². The van der Waals surface area contributed by atoms with Gasteiger partial charge in [-0.2, -0.15) is 0 Å². The van der Waals surface area contributed by atoms with Gasteiger partial charge >= 0.3 is 0 Å². The molecular weight excluding hydrogens is 330 g/mol. The molecule has 2 N–H and O–H groups in total. The molecule has 1 amide bonds. The molecule has 1 aromatic heterocycles. The average molecular weight is 355 g/mol. The molecule has 2 aromatic rings. The Bertz CT molecular complexity index is 704. The summed E-state index contributed by atoms with van der Waals surface area (Å²) < 4.78 is 11.3. The van der Waals surface area contributed by atoms with E-state index in [0.29, 0.717) is 23.3 Å². The Morgan fingerprint density at radius 3 is 2.73 bits per heavy atom. The number of aromatic nitrogens is 1. The molecule has 6 nitrogen and oxygen atoms in total. The topological polar surface area (TPSA) is 77.7 Å². The highest BCUT2D eigenvalue weighted by molar-refractivity contribution is 5.77. The fraction of sp³-hybridized carbons (Fsp3) is 0.400. The van der Waals surface area contributed by atoms with Gasteiger partial charge in [-0.3, -0.25) is 4.79 Å². The highest BCUT2D eigenvalue weighted by atomic mass is 16.5. The molecule has 1 saturated heterocycles. The molecule has 0 spiro atoms. The molecule has 26 heavy (non-hydrogen) atoms. The maximum Gasteiger partial charge on any atom is 0.260 e. The van der Waals surface area contributed by atoms with E-state index in [-0.39, 0.29) is 18.6 Å². The molecule has 2 atom stereocenters. The maximum atomic E-state index is 12.4. The van der Waals surface area contributed by atoms with Gasteiger partial charge in [0.2, 0.25) is 5.88 Å². The number of nitrogens with zero attached hydrogens (tertiary/aromatic N) is 2. The average Bonchev–Trinajstić information content (AvgIpc) is 2.68. The van der Waals surface area contributed by atoms with Gasteiger partial charge in [0.05, 0.1) is 0 Å². The zero-order chi connectivity index (χ0) is 18.4. The number of likely N-dealkylation sites (tertiary alicyclic amines) is 1. The number of ether oxygens (including phenoxy) is 2. The molecule has 0 aliphatic carbocycles. The second-order valence-electron chi connectivity index (χ2n) is 6.63. The van der Waals surface area contributed by atoms with Gasteiger partial charge in [0.1, 0.15) is 11.5 Å². The molecule has 1 aliphatic rings. The fourth-order valence-corrected chi connectivity index (χ4v) is 3.03. The van der Waals surface area contributed by atoms with E-state index in [1.165, 1.54) is 0 Å². The summed E-state index contributed by atoms with van der Waals surface area (Å²) in [5, 5.41) is 0. The SMILES string of the molecule is CC(N)C1CCCN(C(=O)COc2ccc(Oc3ccccn3)cc2)C1. The zero-order valence-corrected chi connectivity index (χ0v) is 15.0. The van der Waals surface area contributed by atoms with Gasteiger partial charge in [-0.25, -0.2) is 4.98 Å². The van der Waals surface area contributed by atoms with Crippen LogP contribution in [0.4, 0.5) is 0 Å². The Balaban J connectivity index is 1.49. The van der Waals surface area contributed by atoms with Crippen molar-refractivity contribution in [3.8, 4) is 17.4 Å². The van der Waals surface area contributed by atoms with Gasteiger partial charge in [-0.05, 0) is 56.0 Å². The highest BCUT2D eigenvalue weighted by Crippen LogP contribution is 2.23. The molecule has 0 saturated carbocycles. The Labute approximate surface area is 153 Å². The molecule has 1 aromatic carbocycles. The van der Waals surface area contributed by atoms with Gasteiger partial charge in [0.25, 0.3) is 5.91 Å². The predicted octanol–water partition coefficient (Wildman–Crippen LogP) is 2.84. The van der Waals surface area contributed by atoms with Crippen LogP contribution in [0.25, 0.3) is 0 Å². The number of hydrogen-bond donors (Lipinski definition) is 1. The van der Waals surface area contributed by atoms with Crippen molar-refractivity contribution in [2.75, 3.05) is 19.7 Å². The predicted molar refractivity (Wildman–Crippen MR) is 99.2 cm³/mol. The van der Waals surface area contributed by atoms with Crippen molar-refractivity contribution in [2.45, 2.75) is 25.8 Å². The number of carbonyl (C=O) groups excluding carboxylic acids is 1. The number of benzene rings is 1. The van der Waals surface area contributed by atoms with Crippen molar-refractivity contribution in [1.82, 2.24) is 9.88 Å². The van der Waals surface area contributed by atoms with Crippen LogP contribution in [-0.2, 0) is 4.79 Å². The Hall–Kier alpha value is -2.60. The van der Waals surface area contributed by atoms with Crippen LogP contribution < -0.4 is 15.2 Å². The lowest BCUT2D eigenvalue weighted by molar-refractivity contribution is -0.135. The quantitative estimate of drug-likeness (QED) is 0.862. The minimum atomic E-state index is 0.00385. The van der Waals surface area contributed by atoms with E-state index in [1.54, 1.807) is 36.5 Å². The summed E-state index contributed by atoms with van der Waals surface area (Å²) >= 11 is 0. The van der Waals surface area contributed by atoms with Gasteiger partial charge in [0, 0.05) is 31.4 Å². The van der Waals surface area contributed by atoms with E-state index in [4.69, 9.17) is 15.2 Å². The summed E-state index contributed by atoms with van der Waals surface area (Å²) in [7, 11) is 0. The Kier molecular flexibility index (Phi) is 6.07. The number of nitrogens with two attached hydrogens (primary N) is 1. The molecule has 138 valence electrons. The van der Waals surface area contributed by atoms with Crippen LogP contribution in [0.2, 0.25) is 0 Å². The summed E-state index contributed by atoms with van der Waals surface area (Å²) in [5.74, 6) is 2.20. The summed E-state index contributed by atoms with van der Waals surface area (Å²) in [4.78, 5) is 18.3. The first kappa shape index (κ1) is 18.2. The molecule has 2 heterocycles. The number of piperidine rings is 1. The Morgan fingerprint density at radius 2 is 2.04 bits per heavy atom. The van der Waals surface area contributed by atoms with Crippen LogP contribution in [0, 0.1) is 5.92 Å². The molecule has 0 bridgehead atoms. The van der Waals surface area contributed by atoms with Crippen LogP contribution in [0.15, 0.2) is 48.7 Å². The molecule has 6 heteroatoms. The van der Waals surface area contributed by atoms with Crippen LogP contribution in [0.5, 0.6) is 17.4 Å². The lowest BCUT2D eigenvalue weighted by atomic mass is 9.92. The largest absolute Gasteiger partial charge is 0.484 e. The normalized spacial score (nSPS) is 18.2. The van der Waals surface area contributed by atoms with Crippen molar-refractivity contribution >= 4 is 5.91 Å².